The molecular formula is C19H13ClFNO3. The zero-order chi connectivity index (χ0) is 17.6. The van der Waals surface area contributed by atoms with Gasteiger partial charge in [-0.1, -0.05) is 23.7 Å². The molecule has 1 heterocycles. The molecule has 0 saturated carbocycles. The Morgan fingerprint density at radius 2 is 2.04 bits per heavy atom. The summed E-state index contributed by atoms with van der Waals surface area (Å²) in [5.74, 6) is -0.130. The maximum Gasteiger partial charge on any atom is 0.331 e. The van der Waals surface area contributed by atoms with Crippen molar-refractivity contribution in [3.8, 4) is 11.3 Å². The second-order valence-electron chi connectivity index (χ2n) is 5.12. The third-order valence-corrected chi connectivity index (χ3v) is 3.52. The lowest BCUT2D eigenvalue weighted by molar-refractivity contribution is -0.139. The number of nitrogens with zero attached hydrogens (tertiary/aromatic N) is 1. The van der Waals surface area contributed by atoms with Crippen molar-refractivity contribution in [3.05, 3.63) is 83.1 Å². The molecule has 3 aromatic rings. The summed E-state index contributed by atoms with van der Waals surface area (Å²) >= 11 is 5.87. The van der Waals surface area contributed by atoms with Gasteiger partial charge in [0.2, 0.25) is 5.89 Å². The molecule has 0 fully saturated rings. The first-order valence-corrected chi connectivity index (χ1v) is 7.79. The largest absolute Gasteiger partial charge is 0.453 e. The summed E-state index contributed by atoms with van der Waals surface area (Å²) in [5.41, 5.74) is 1.48. The number of carbonyl (C=O) groups excluding carboxylic acids is 1. The Hall–Kier alpha value is -2.92. The van der Waals surface area contributed by atoms with E-state index < -0.39 is 5.97 Å². The Kier molecular flexibility index (Phi) is 5.26. The molecule has 0 aliphatic heterocycles. The van der Waals surface area contributed by atoms with E-state index in [0.717, 1.165) is 5.56 Å². The molecule has 3 rings (SSSR count). The molecule has 0 N–H and O–H groups in total. The van der Waals surface area contributed by atoms with Gasteiger partial charge in [-0.2, -0.15) is 0 Å². The van der Waals surface area contributed by atoms with Crippen molar-refractivity contribution < 1.29 is 18.3 Å². The summed E-state index contributed by atoms with van der Waals surface area (Å²) in [5, 5.41) is 0.587. The predicted octanol–water partition coefficient (Wildman–Crippen LogP) is 4.89. The maximum atomic E-state index is 12.9. The number of aromatic nitrogens is 1. The fraction of sp³-hybridized carbons (Fsp3) is 0.0526. The number of carbonyl (C=O) groups is 1. The average molecular weight is 358 g/mol. The Morgan fingerprint density at radius 1 is 1.24 bits per heavy atom. The Balaban J connectivity index is 1.56. The van der Waals surface area contributed by atoms with Gasteiger partial charge in [-0.05, 0) is 48.0 Å². The standard InChI is InChI=1S/C19H13ClFNO3/c20-15-3-1-2-13(10-15)4-9-19(23)24-12-18-22-11-17(25-18)14-5-7-16(21)8-6-14/h1-11H,12H2/b9-4+. The van der Waals surface area contributed by atoms with E-state index in [4.69, 9.17) is 20.8 Å². The zero-order valence-electron chi connectivity index (χ0n) is 13.0. The van der Waals surface area contributed by atoms with Crippen LogP contribution in [0.5, 0.6) is 0 Å². The van der Waals surface area contributed by atoms with E-state index in [2.05, 4.69) is 4.98 Å². The molecule has 6 heteroatoms. The van der Waals surface area contributed by atoms with Crippen LogP contribution in [0.25, 0.3) is 17.4 Å². The molecule has 4 nitrogen and oxygen atoms in total. The van der Waals surface area contributed by atoms with Crippen LogP contribution in [-0.4, -0.2) is 11.0 Å². The summed E-state index contributed by atoms with van der Waals surface area (Å²) in [4.78, 5) is 15.8. The number of hydrogen-bond donors (Lipinski definition) is 0. The van der Waals surface area contributed by atoms with Gasteiger partial charge < -0.3 is 9.15 Å². The maximum absolute atomic E-state index is 12.9. The quantitative estimate of drug-likeness (QED) is 0.482. The number of oxazole rings is 1. The number of benzene rings is 2. The number of hydrogen-bond acceptors (Lipinski definition) is 4. The van der Waals surface area contributed by atoms with Crippen LogP contribution in [0, 0.1) is 5.82 Å². The highest BCUT2D eigenvalue weighted by Crippen LogP contribution is 2.21. The highest BCUT2D eigenvalue weighted by molar-refractivity contribution is 6.30. The molecule has 0 saturated heterocycles. The van der Waals surface area contributed by atoms with Gasteiger partial charge in [0.1, 0.15) is 5.82 Å². The van der Waals surface area contributed by atoms with E-state index in [-0.39, 0.29) is 18.3 Å². The lowest BCUT2D eigenvalue weighted by atomic mass is 10.2. The van der Waals surface area contributed by atoms with Gasteiger partial charge in [-0.25, -0.2) is 14.2 Å². The molecule has 2 aromatic carbocycles. The van der Waals surface area contributed by atoms with Crippen molar-refractivity contribution in [1.82, 2.24) is 4.98 Å². The van der Waals surface area contributed by atoms with Crippen molar-refractivity contribution >= 4 is 23.6 Å². The summed E-state index contributed by atoms with van der Waals surface area (Å²) in [6.45, 7) is -0.0973. The highest BCUT2D eigenvalue weighted by atomic mass is 35.5. The molecular weight excluding hydrogens is 345 g/mol. The SMILES string of the molecule is O=C(/C=C/c1cccc(Cl)c1)OCc1ncc(-c2ccc(F)cc2)o1. The fourth-order valence-corrected chi connectivity index (χ4v) is 2.28. The minimum atomic E-state index is -0.526. The van der Waals surface area contributed by atoms with E-state index in [1.165, 1.54) is 24.4 Å². The van der Waals surface area contributed by atoms with E-state index in [1.807, 2.05) is 6.07 Å². The van der Waals surface area contributed by atoms with Crippen LogP contribution in [0.3, 0.4) is 0 Å². The minimum Gasteiger partial charge on any atom is -0.453 e. The van der Waals surface area contributed by atoms with E-state index >= 15 is 0 Å². The summed E-state index contributed by atoms with van der Waals surface area (Å²) in [6, 6.07) is 12.9. The summed E-state index contributed by atoms with van der Waals surface area (Å²) in [6.07, 6.45) is 4.40. The highest BCUT2D eigenvalue weighted by Gasteiger charge is 2.08. The van der Waals surface area contributed by atoms with Crippen molar-refractivity contribution in [2.75, 3.05) is 0 Å². The molecule has 0 aliphatic carbocycles. The molecule has 0 bridgehead atoms. The van der Waals surface area contributed by atoms with E-state index in [9.17, 15) is 9.18 Å². The van der Waals surface area contributed by atoms with Crippen LogP contribution >= 0.6 is 11.6 Å². The molecule has 0 aliphatic rings. The van der Waals surface area contributed by atoms with Crippen LogP contribution in [0.4, 0.5) is 4.39 Å². The van der Waals surface area contributed by atoms with Gasteiger partial charge >= 0.3 is 5.97 Å². The first kappa shape index (κ1) is 16.9. The number of esters is 1. The summed E-state index contributed by atoms with van der Waals surface area (Å²) < 4.78 is 23.5. The molecule has 0 unspecified atom stereocenters. The zero-order valence-corrected chi connectivity index (χ0v) is 13.7. The van der Waals surface area contributed by atoms with Crippen molar-refractivity contribution in [2.45, 2.75) is 6.61 Å². The monoisotopic (exact) mass is 357 g/mol. The molecule has 0 spiro atoms. The first-order chi connectivity index (χ1) is 12.1. The van der Waals surface area contributed by atoms with Crippen LogP contribution in [0.1, 0.15) is 11.5 Å². The molecule has 0 radical (unpaired) electrons. The third kappa shape index (κ3) is 4.78. The number of ether oxygens (including phenoxy) is 1. The normalized spacial score (nSPS) is 11.0. The Bertz CT molecular complexity index is 903. The van der Waals surface area contributed by atoms with Crippen LogP contribution in [0.2, 0.25) is 5.02 Å². The summed E-state index contributed by atoms with van der Waals surface area (Å²) in [7, 11) is 0. The minimum absolute atomic E-state index is 0.0973. The van der Waals surface area contributed by atoms with Crippen LogP contribution in [-0.2, 0) is 16.1 Å². The topological polar surface area (TPSA) is 52.3 Å². The molecule has 25 heavy (non-hydrogen) atoms. The Morgan fingerprint density at radius 3 is 2.80 bits per heavy atom. The smallest absolute Gasteiger partial charge is 0.331 e. The van der Waals surface area contributed by atoms with Crippen molar-refractivity contribution in [2.24, 2.45) is 0 Å². The lowest BCUT2D eigenvalue weighted by Gasteiger charge is -1.99. The molecule has 1 aromatic heterocycles. The molecule has 126 valence electrons. The lowest BCUT2D eigenvalue weighted by Crippen LogP contribution is -2.00. The van der Waals surface area contributed by atoms with Gasteiger partial charge in [0.25, 0.3) is 0 Å². The second-order valence-corrected chi connectivity index (χ2v) is 5.56. The predicted molar refractivity (Wildman–Crippen MR) is 92.2 cm³/mol. The number of halogens is 2. The average Bonchev–Trinajstić information content (AvgIpc) is 3.08. The van der Waals surface area contributed by atoms with E-state index in [0.29, 0.717) is 16.3 Å². The van der Waals surface area contributed by atoms with Gasteiger partial charge in [-0.15, -0.1) is 0 Å². The van der Waals surface area contributed by atoms with Gasteiger partial charge in [0, 0.05) is 16.7 Å². The molecule has 0 amide bonds. The number of rotatable bonds is 5. The third-order valence-electron chi connectivity index (χ3n) is 3.28. The second kappa shape index (κ2) is 7.77. The first-order valence-electron chi connectivity index (χ1n) is 7.41. The Labute approximate surface area is 148 Å². The van der Waals surface area contributed by atoms with Crippen LogP contribution in [0.15, 0.2) is 65.2 Å². The van der Waals surface area contributed by atoms with Gasteiger partial charge in [0.15, 0.2) is 12.4 Å². The van der Waals surface area contributed by atoms with Crippen LogP contribution < -0.4 is 0 Å². The van der Waals surface area contributed by atoms with Crippen molar-refractivity contribution in [1.29, 1.82) is 0 Å². The fourth-order valence-electron chi connectivity index (χ4n) is 2.08. The van der Waals surface area contributed by atoms with Gasteiger partial charge in [0.05, 0.1) is 6.20 Å². The van der Waals surface area contributed by atoms with Gasteiger partial charge in [-0.3, -0.25) is 0 Å². The van der Waals surface area contributed by atoms with E-state index in [1.54, 1.807) is 36.4 Å². The molecule has 0 atom stereocenters. The van der Waals surface area contributed by atoms with Crippen molar-refractivity contribution in [3.63, 3.8) is 0 Å².